The molecule has 1 unspecified atom stereocenters. The third kappa shape index (κ3) is 2.25. The fourth-order valence-corrected chi connectivity index (χ4v) is 3.57. The Bertz CT molecular complexity index is 978. The summed E-state index contributed by atoms with van der Waals surface area (Å²) < 4.78 is 17.3. The smallest absolute Gasteiger partial charge is 0.178 e. The van der Waals surface area contributed by atoms with Crippen LogP contribution < -0.4 is 14.2 Å². The molecule has 0 aromatic heterocycles. The maximum absolute atomic E-state index is 13.2. The molecule has 1 atom stereocenters. The molecule has 0 radical (unpaired) electrons. The van der Waals surface area contributed by atoms with Crippen molar-refractivity contribution in [2.45, 2.75) is 5.92 Å². The molecule has 3 aromatic rings. The summed E-state index contributed by atoms with van der Waals surface area (Å²) in [5.41, 5.74) is 1.61. The highest BCUT2D eigenvalue weighted by Crippen LogP contribution is 2.41. The third-order valence-corrected chi connectivity index (χ3v) is 4.81. The highest BCUT2D eigenvalue weighted by molar-refractivity contribution is 6.14. The summed E-state index contributed by atoms with van der Waals surface area (Å²) in [6, 6.07) is 17.5. The molecule has 25 heavy (non-hydrogen) atoms. The number of ether oxygens (including phenoxy) is 3. The zero-order valence-corrected chi connectivity index (χ0v) is 13.5. The molecule has 0 saturated carbocycles. The van der Waals surface area contributed by atoms with Crippen molar-refractivity contribution in [1.29, 1.82) is 0 Å². The van der Waals surface area contributed by atoms with Crippen LogP contribution in [0.1, 0.15) is 21.8 Å². The van der Waals surface area contributed by atoms with E-state index in [0.29, 0.717) is 36.9 Å². The number of Topliss-reactive ketones (excluding diaryl/α,β-unsaturated/α-hetero) is 1. The first-order chi connectivity index (χ1) is 12.3. The largest absolute Gasteiger partial charge is 0.492 e. The summed E-state index contributed by atoms with van der Waals surface area (Å²) in [5, 5.41) is 1.81. The van der Waals surface area contributed by atoms with Crippen LogP contribution in [-0.4, -0.2) is 25.6 Å². The second-order valence-corrected chi connectivity index (χ2v) is 6.29. The number of ketones is 1. The third-order valence-electron chi connectivity index (χ3n) is 4.81. The van der Waals surface area contributed by atoms with Crippen LogP contribution >= 0.6 is 0 Å². The lowest BCUT2D eigenvalue weighted by Crippen LogP contribution is -2.26. The Morgan fingerprint density at radius 1 is 0.800 bits per heavy atom. The summed E-state index contributed by atoms with van der Waals surface area (Å²) in [6.07, 6.45) is 0. The van der Waals surface area contributed by atoms with Crippen molar-refractivity contribution >= 4 is 16.6 Å². The molecule has 0 spiro atoms. The fraction of sp³-hybridized carbons (Fsp3) is 0.190. The van der Waals surface area contributed by atoms with Gasteiger partial charge in [0.15, 0.2) is 17.3 Å². The lowest BCUT2D eigenvalue weighted by molar-refractivity contribution is 0.0898. The van der Waals surface area contributed by atoms with E-state index in [2.05, 4.69) is 0 Å². The van der Waals surface area contributed by atoms with Gasteiger partial charge in [-0.15, -0.1) is 0 Å². The predicted molar refractivity (Wildman–Crippen MR) is 93.9 cm³/mol. The predicted octanol–water partition coefficient (Wildman–Crippen LogP) is 3.97. The van der Waals surface area contributed by atoms with E-state index in [1.54, 1.807) is 0 Å². The molecule has 3 aromatic carbocycles. The normalized spacial score (nSPS) is 18.6. The summed E-state index contributed by atoms with van der Waals surface area (Å²) in [5.74, 6) is 1.85. The number of rotatable bonds is 1. The minimum atomic E-state index is -0.285. The second kappa shape index (κ2) is 5.52. The average Bonchev–Trinajstić information content (AvgIpc) is 2.67. The van der Waals surface area contributed by atoms with E-state index < -0.39 is 0 Å². The van der Waals surface area contributed by atoms with Crippen molar-refractivity contribution in [3.05, 3.63) is 65.7 Å². The summed E-state index contributed by atoms with van der Waals surface area (Å²) in [6.45, 7) is 1.43. The van der Waals surface area contributed by atoms with Crippen LogP contribution in [-0.2, 0) is 0 Å². The fourth-order valence-electron chi connectivity index (χ4n) is 3.57. The zero-order chi connectivity index (χ0) is 16.8. The van der Waals surface area contributed by atoms with Gasteiger partial charge in [-0.05, 0) is 29.1 Å². The molecular formula is C21H16O4. The van der Waals surface area contributed by atoms with Crippen LogP contribution in [0.2, 0.25) is 0 Å². The zero-order valence-electron chi connectivity index (χ0n) is 13.5. The van der Waals surface area contributed by atoms with Gasteiger partial charge < -0.3 is 14.2 Å². The molecular weight excluding hydrogens is 316 g/mol. The highest BCUT2D eigenvalue weighted by atomic mass is 16.6. The Morgan fingerprint density at radius 2 is 1.56 bits per heavy atom. The van der Waals surface area contributed by atoms with Gasteiger partial charge in [0, 0.05) is 5.39 Å². The molecule has 5 rings (SSSR count). The highest BCUT2D eigenvalue weighted by Gasteiger charge is 2.32. The van der Waals surface area contributed by atoms with Crippen LogP contribution in [0.3, 0.4) is 0 Å². The van der Waals surface area contributed by atoms with Gasteiger partial charge in [0.25, 0.3) is 0 Å². The molecule has 0 bridgehead atoms. The van der Waals surface area contributed by atoms with Crippen molar-refractivity contribution in [2.24, 2.45) is 0 Å². The summed E-state index contributed by atoms with van der Waals surface area (Å²) in [7, 11) is 0. The maximum Gasteiger partial charge on any atom is 0.178 e. The van der Waals surface area contributed by atoms with Crippen molar-refractivity contribution < 1.29 is 19.0 Å². The number of hydrogen-bond donors (Lipinski definition) is 0. The Kier molecular flexibility index (Phi) is 3.17. The Labute approximate surface area is 144 Å². The van der Waals surface area contributed by atoms with E-state index in [0.717, 1.165) is 22.1 Å². The van der Waals surface area contributed by atoms with Crippen molar-refractivity contribution in [1.82, 2.24) is 0 Å². The Morgan fingerprint density at radius 3 is 2.36 bits per heavy atom. The van der Waals surface area contributed by atoms with Gasteiger partial charge in [0.2, 0.25) is 0 Å². The molecule has 4 nitrogen and oxygen atoms in total. The molecule has 124 valence electrons. The van der Waals surface area contributed by atoms with Gasteiger partial charge in [-0.2, -0.15) is 0 Å². The molecule has 0 fully saturated rings. The van der Waals surface area contributed by atoms with Gasteiger partial charge in [0.1, 0.15) is 25.6 Å². The number of fused-ring (bicyclic) bond motifs is 4. The second-order valence-electron chi connectivity index (χ2n) is 6.29. The first kappa shape index (κ1) is 14.3. The minimum absolute atomic E-state index is 0.0923. The van der Waals surface area contributed by atoms with Crippen LogP contribution in [0.4, 0.5) is 0 Å². The van der Waals surface area contributed by atoms with Crippen molar-refractivity contribution in [2.75, 3.05) is 19.8 Å². The van der Waals surface area contributed by atoms with Gasteiger partial charge in [-0.25, -0.2) is 0 Å². The monoisotopic (exact) mass is 332 g/mol. The number of hydrogen-bond acceptors (Lipinski definition) is 4. The molecule has 0 N–H and O–H groups in total. The van der Waals surface area contributed by atoms with Gasteiger partial charge in [0.05, 0.1) is 11.5 Å². The van der Waals surface area contributed by atoms with E-state index in [1.165, 1.54) is 0 Å². The summed E-state index contributed by atoms with van der Waals surface area (Å²) in [4.78, 5) is 13.2. The Balaban J connectivity index is 1.68. The van der Waals surface area contributed by atoms with Crippen LogP contribution in [0.15, 0.2) is 54.6 Å². The van der Waals surface area contributed by atoms with Crippen molar-refractivity contribution in [3.63, 3.8) is 0 Å². The molecule has 2 aliphatic heterocycles. The van der Waals surface area contributed by atoms with Crippen molar-refractivity contribution in [3.8, 4) is 17.2 Å². The molecule has 0 aliphatic carbocycles. The first-order valence-corrected chi connectivity index (χ1v) is 8.39. The average molecular weight is 332 g/mol. The lowest BCUT2D eigenvalue weighted by Gasteiger charge is -2.26. The number of benzene rings is 3. The van der Waals surface area contributed by atoms with E-state index in [4.69, 9.17) is 14.2 Å². The van der Waals surface area contributed by atoms with E-state index in [9.17, 15) is 4.79 Å². The van der Waals surface area contributed by atoms with Gasteiger partial charge in [-0.1, -0.05) is 36.4 Å². The molecule has 4 heteroatoms. The van der Waals surface area contributed by atoms with E-state index in [-0.39, 0.29) is 11.7 Å². The molecule has 0 saturated heterocycles. The van der Waals surface area contributed by atoms with Crippen LogP contribution in [0.5, 0.6) is 17.2 Å². The SMILES string of the molecule is O=C1c2c(ccc3cc4c(cc23)OCCO4)OCC1c1ccccc1. The van der Waals surface area contributed by atoms with E-state index >= 15 is 0 Å². The quantitative estimate of drug-likeness (QED) is 0.676. The van der Waals surface area contributed by atoms with Crippen LogP contribution in [0.25, 0.3) is 10.8 Å². The maximum atomic E-state index is 13.2. The minimum Gasteiger partial charge on any atom is -0.492 e. The van der Waals surface area contributed by atoms with Gasteiger partial charge >= 0.3 is 0 Å². The van der Waals surface area contributed by atoms with Gasteiger partial charge in [-0.3, -0.25) is 4.79 Å². The lowest BCUT2D eigenvalue weighted by atomic mass is 9.86. The van der Waals surface area contributed by atoms with Crippen LogP contribution in [0, 0.1) is 0 Å². The summed E-state index contributed by atoms with van der Waals surface area (Å²) >= 11 is 0. The first-order valence-electron chi connectivity index (χ1n) is 8.39. The standard InChI is InChI=1S/C21H16O4/c22-21-16(13-4-2-1-3-5-13)12-25-17-7-6-14-10-18-19(24-9-8-23-18)11-15(14)20(17)21/h1-7,10-11,16H,8-9,12H2. The molecule has 2 heterocycles. The molecule has 0 amide bonds. The number of carbonyl (C=O) groups is 1. The molecule has 2 aliphatic rings. The topological polar surface area (TPSA) is 44.8 Å². The Hall–Kier alpha value is -3.01. The van der Waals surface area contributed by atoms with E-state index in [1.807, 2.05) is 54.6 Å². The number of carbonyl (C=O) groups excluding carboxylic acids is 1.